The maximum atomic E-state index is 7.17. The zero-order valence-electron chi connectivity index (χ0n) is 21.0. The molecule has 1 aliphatic carbocycles. The molecule has 182 valence electrons. The number of nitrogens with one attached hydrogen (secondary N) is 1. The molecule has 4 heteroatoms. The fraction of sp³-hybridized carbons (Fsp3) is 0.290. The maximum Gasteiger partial charge on any atom is 0.261 e. The van der Waals surface area contributed by atoms with Crippen LogP contribution in [0, 0.1) is 11.8 Å². The van der Waals surface area contributed by atoms with Gasteiger partial charge in [-0.15, -0.1) is 6.58 Å². The third-order valence-electron chi connectivity index (χ3n) is 7.18. The van der Waals surface area contributed by atoms with E-state index in [9.17, 15) is 0 Å². The predicted octanol–water partition coefficient (Wildman–Crippen LogP) is 7.16. The van der Waals surface area contributed by atoms with Crippen LogP contribution in [0.15, 0.2) is 98.1 Å². The molecule has 1 N–H and O–H groups in total. The van der Waals surface area contributed by atoms with Gasteiger partial charge in [0.2, 0.25) is 0 Å². The number of benzene rings is 3. The lowest BCUT2D eigenvalue weighted by molar-refractivity contribution is 0.273. The molecule has 0 heterocycles. The average molecular weight is 502 g/mol. The number of hydrogen-bond donors (Lipinski definition) is 1. The first kappa shape index (κ1) is 25.5. The van der Waals surface area contributed by atoms with Gasteiger partial charge in [0.05, 0.1) is 0 Å². The molecule has 0 aliphatic heterocycles. The first-order valence-electron chi connectivity index (χ1n) is 12.4. The molecule has 4 rings (SSSR count). The van der Waals surface area contributed by atoms with Crippen molar-refractivity contribution in [1.29, 1.82) is 0 Å². The molecule has 0 bridgehead atoms. The van der Waals surface area contributed by atoms with Crippen molar-refractivity contribution in [1.82, 2.24) is 0 Å². The van der Waals surface area contributed by atoms with E-state index >= 15 is 0 Å². The summed E-state index contributed by atoms with van der Waals surface area (Å²) in [6.45, 7) is 15.8. The summed E-state index contributed by atoms with van der Waals surface area (Å²) in [5, 5.41) is 7.01. The maximum absolute atomic E-state index is 7.17. The predicted molar refractivity (Wildman–Crippen MR) is 154 cm³/mol. The summed E-state index contributed by atoms with van der Waals surface area (Å²) >= 11 is 6.18. The molecule has 3 aromatic rings. The van der Waals surface area contributed by atoms with E-state index in [4.69, 9.17) is 16.0 Å². The van der Waals surface area contributed by atoms with E-state index in [-0.39, 0.29) is 11.1 Å². The van der Waals surface area contributed by atoms with Gasteiger partial charge in [-0.25, -0.2) is 0 Å². The average Bonchev–Trinajstić information content (AvgIpc) is 3.63. The summed E-state index contributed by atoms with van der Waals surface area (Å²) in [4.78, 5) is 0. The van der Waals surface area contributed by atoms with Gasteiger partial charge in [0.25, 0.3) is 8.32 Å². The topological polar surface area (TPSA) is 21.3 Å². The van der Waals surface area contributed by atoms with Crippen molar-refractivity contribution in [3.8, 4) is 0 Å². The normalized spacial score (nSPS) is 18.5. The van der Waals surface area contributed by atoms with Crippen molar-refractivity contribution in [2.75, 3.05) is 11.9 Å². The molecule has 0 spiro atoms. The molecular formula is C31H36ClNOSi. The van der Waals surface area contributed by atoms with Gasteiger partial charge < -0.3 is 9.74 Å². The largest absolute Gasteiger partial charge is 0.407 e. The highest BCUT2D eigenvalue weighted by Crippen LogP contribution is 2.45. The van der Waals surface area contributed by atoms with Crippen molar-refractivity contribution in [2.45, 2.75) is 38.3 Å². The van der Waals surface area contributed by atoms with Crippen molar-refractivity contribution in [2.24, 2.45) is 11.8 Å². The molecular weight excluding hydrogens is 466 g/mol. The van der Waals surface area contributed by atoms with Crippen molar-refractivity contribution in [3.05, 3.63) is 109 Å². The van der Waals surface area contributed by atoms with Crippen LogP contribution in [0.5, 0.6) is 0 Å². The summed E-state index contributed by atoms with van der Waals surface area (Å²) in [6.07, 6.45) is 4.98. The Morgan fingerprint density at radius 1 is 1.00 bits per heavy atom. The van der Waals surface area contributed by atoms with E-state index in [1.54, 1.807) is 0 Å². The summed E-state index contributed by atoms with van der Waals surface area (Å²) in [5.74, 6) is 0.977. The summed E-state index contributed by atoms with van der Waals surface area (Å²) in [7, 11) is -2.52. The summed E-state index contributed by atoms with van der Waals surface area (Å²) < 4.78 is 7.17. The Morgan fingerprint density at radius 3 is 2.11 bits per heavy atom. The highest BCUT2D eigenvalue weighted by Gasteiger charge is 2.52. The molecule has 0 aromatic heterocycles. The van der Waals surface area contributed by atoms with Crippen LogP contribution in [0.3, 0.4) is 0 Å². The standard InChI is InChI=1S/C31H36ClNOSi/c1-6-23-20-25(32)18-19-30(23)33-29(7-2)28-21-24(28)22-34-35(31(3,4)5,26-14-10-8-11-15-26)27-16-12-9-13-17-27/h6-20,24,28-29,33H,1-2,21-22H2,3-5H3/t24-,28+,29?/m0/s1. The lowest BCUT2D eigenvalue weighted by Crippen LogP contribution is -2.66. The molecule has 0 radical (unpaired) electrons. The van der Waals surface area contributed by atoms with Gasteiger partial charge in [0, 0.05) is 23.4 Å². The molecule has 1 unspecified atom stereocenters. The van der Waals surface area contributed by atoms with Crippen LogP contribution < -0.4 is 15.7 Å². The quantitative estimate of drug-likeness (QED) is 0.235. The van der Waals surface area contributed by atoms with Crippen LogP contribution in [0.2, 0.25) is 10.1 Å². The second-order valence-corrected chi connectivity index (χ2v) is 15.2. The lowest BCUT2D eigenvalue weighted by Gasteiger charge is -2.43. The zero-order chi connectivity index (χ0) is 25.1. The van der Waals surface area contributed by atoms with E-state index in [0.29, 0.717) is 16.9 Å². The van der Waals surface area contributed by atoms with Gasteiger partial charge in [-0.2, -0.15) is 0 Å². The Bertz CT molecular complexity index is 1120. The fourth-order valence-electron chi connectivity index (χ4n) is 5.25. The Labute approximate surface area is 216 Å². The fourth-order valence-corrected chi connectivity index (χ4v) is 10.1. The minimum absolute atomic E-state index is 0.0155. The third-order valence-corrected chi connectivity index (χ3v) is 12.4. The van der Waals surface area contributed by atoms with Crippen molar-refractivity contribution in [3.63, 3.8) is 0 Å². The molecule has 1 aliphatic rings. The number of hydrogen-bond acceptors (Lipinski definition) is 2. The SMILES string of the molecule is C=Cc1cc(Cl)ccc1NC(C=C)[C@@H]1C[C@H]1CO[Si](c1ccccc1)(c1ccccc1)C(C)(C)C. The van der Waals surface area contributed by atoms with Gasteiger partial charge in [-0.05, 0) is 57.4 Å². The Morgan fingerprint density at radius 2 is 1.60 bits per heavy atom. The zero-order valence-corrected chi connectivity index (χ0v) is 22.8. The number of halogens is 1. The highest BCUT2D eigenvalue weighted by molar-refractivity contribution is 6.99. The van der Waals surface area contributed by atoms with Crippen LogP contribution in [-0.2, 0) is 4.43 Å². The van der Waals surface area contributed by atoms with Crippen LogP contribution in [0.1, 0.15) is 32.8 Å². The number of anilines is 1. The van der Waals surface area contributed by atoms with Crippen LogP contribution in [0.25, 0.3) is 6.08 Å². The van der Waals surface area contributed by atoms with Crippen molar-refractivity contribution >= 4 is 42.1 Å². The smallest absolute Gasteiger partial charge is 0.261 e. The first-order chi connectivity index (χ1) is 16.8. The minimum atomic E-state index is -2.52. The Hall–Kier alpha value is -2.59. The van der Waals surface area contributed by atoms with Gasteiger partial charge >= 0.3 is 0 Å². The van der Waals surface area contributed by atoms with E-state index in [0.717, 1.165) is 24.3 Å². The minimum Gasteiger partial charge on any atom is -0.407 e. The number of rotatable bonds is 10. The molecule has 3 aromatic carbocycles. The van der Waals surface area contributed by atoms with Crippen LogP contribution >= 0.6 is 11.6 Å². The van der Waals surface area contributed by atoms with Crippen molar-refractivity contribution < 1.29 is 4.43 Å². The molecule has 3 atom stereocenters. The monoisotopic (exact) mass is 501 g/mol. The van der Waals surface area contributed by atoms with Crippen LogP contribution in [0.4, 0.5) is 5.69 Å². The van der Waals surface area contributed by atoms with E-state index in [1.807, 2.05) is 30.4 Å². The van der Waals surface area contributed by atoms with Gasteiger partial charge in [-0.1, -0.05) is 112 Å². The second kappa shape index (κ2) is 10.6. The van der Waals surface area contributed by atoms with Crippen LogP contribution in [-0.4, -0.2) is 21.0 Å². The summed E-state index contributed by atoms with van der Waals surface area (Å²) in [5.41, 5.74) is 2.04. The van der Waals surface area contributed by atoms with E-state index in [2.05, 4.69) is 99.9 Å². The lowest BCUT2D eigenvalue weighted by atomic mass is 10.1. The molecule has 1 saturated carbocycles. The van der Waals surface area contributed by atoms with Gasteiger partial charge in [0.15, 0.2) is 0 Å². The second-order valence-electron chi connectivity index (χ2n) is 10.5. The van der Waals surface area contributed by atoms with E-state index < -0.39 is 8.32 Å². The third kappa shape index (κ3) is 5.33. The van der Waals surface area contributed by atoms with E-state index in [1.165, 1.54) is 10.4 Å². The van der Waals surface area contributed by atoms with Gasteiger partial charge in [0.1, 0.15) is 0 Å². The van der Waals surface area contributed by atoms with Gasteiger partial charge in [-0.3, -0.25) is 0 Å². The highest BCUT2D eigenvalue weighted by atomic mass is 35.5. The first-order valence-corrected chi connectivity index (χ1v) is 14.6. The molecule has 35 heavy (non-hydrogen) atoms. The molecule has 0 amide bonds. The molecule has 1 fully saturated rings. The molecule has 2 nitrogen and oxygen atoms in total. The summed E-state index contributed by atoms with van der Waals surface area (Å²) in [6, 6.07) is 27.7. The Balaban J connectivity index is 1.56. The Kier molecular flexibility index (Phi) is 7.70. The molecule has 0 saturated heterocycles.